The minimum absolute atomic E-state index is 0.143. The van der Waals surface area contributed by atoms with E-state index in [1.807, 2.05) is 6.07 Å². The summed E-state index contributed by atoms with van der Waals surface area (Å²) >= 11 is 0. The third kappa shape index (κ3) is 1.67. The van der Waals surface area contributed by atoms with Gasteiger partial charge in [0.05, 0.1) is 5.56 Å². The van der Waals surface area contributed by atoms with Gasteiger partial charge in [-0.25, -0.2) is 4.98 Å². The lowest BCUT2D eigenvalue weighted by Crippen LogP contribution is -2.00. The van der Waals surface area contributed by atoms with E-state index >= 15 is 0 Å². The van der Waals surface area contributed by atoms with Gasteiger partial charge in [0, 0.05) is 18.0 Å². The van der Waals surface area contributed by atoms with E-state index in [1.165, 1.54) is 12.4 Å². The Balaban J connectivity index is 2.33. The molecule has 0 saturated carbocycles. The third-order valence-corrected chi connectivity index (χ3v) is 2.96. The first kappa shape index (κ1) is 11.1. The van der Waals surface area contributed by atoms with Gasteiger partial charge in [0.25, 0.3) is 0 Å². The van der Waals surface area contributed by atoms with Crippen molar-refractivity contribution in [2.45, 2.75) is 0 Å². The van der Waals surface area contributed by atoms with Gasteiger partial charge in [0.1, 0.15) is 11.8 Å². The molecule has 0 unspecified atom stereocenters. The van der Waals surface area contributed by atoms with Gasteiger partial charge in [0.2, 0.25) is 0 Å². The molecule has 3 rings (SSSR count). The zero-order valence-electron chi connectivity index (χ0n) is 9.78. The highest BCUT2D eigenvalue weighted by Gasteiger charge is 2.20. The van der Waals surface area contributed by atoms with Crippen molar-refractivity contribution in [3.63, 3.8) is 0 Å². The number of benzene rings is 1. The van der Waals surface area contributed by atoms with E-state index < -0.39 is 0 Å². The van der Waals surface area contributed by atoms with Crippen LogP contribution in [0.15, 0.2) is 42.7 Å². The molecule has 5 nitrogen and oxygen atoms in total. The molecule has 0 bridgehead atoms. The number of phenols is 1. The number of nitriles is 1. The second kappa shape index (κ2) is 4.03. The largest absolute Gasteiger partial charge is 0.508 e. The molecule has 2 heterocycles. The van der Waals surface area contributed by atoms with Crippen molar-refractivity contribution >= 4 is 0 Å². The Bertz CT molecular complexity index is 771. The van der Waals surface area contributed by atoms with Crippen LogP contribution in [0.4, 0.5) is 0 Å². The monoisotopic (exact) mass is 251 g/mol. The number of rotatable bonds is 1. The van der Waals surface area contributed by atoms with Crippen molar-refractivity contribution in [3.8, 4) is 34.3 Å². The number of aromatic hydroxyl groups is 1. The summed E-state index contributed by atoms with van der Waals surface area (Å²) in [7, 11) is 0. The van der Waals surface area contributed by atoms with Crippen molar-refractivity contribution in [2.75, 3.05) is 0 Å². The van der Waals surface area contributed by atoms with Crippen LogP contribution in [0.2, 0.25) is 0 Å². The molecule has 0 saturated heterocycles. The summed E-state index contributed by atoms with van der Waals surface area (Å²) in [5, 5.41) is 28.4. The minimum Gasteiger partial charge on any atom is -0.508 e. The summed E-state index contributed by atoms with van der Waals surface area (Å²) in [6.07, 6.45) is 2.87. The van der Waals surface area contributed by atoms with Gasteiger partial charge < -0.3 is 10.3 Å². The molecule has 0 fully saturated rings. The van der Waals surface area contributed by atoms with Crippen LogP contribution in [0.25, 0.3) is 22.5 Å². The normalized spacial score (nSPS) is 10.5. The summed E-state index contributed by atoms with van der Waals surface area (Å²) < 4.78 is 0.877. The molecule has 1 aromatic carbocycles. The van der Waals surface area contributed by atoms with Crippen LogP contribution < -0.4 is 0 Å². The van der Waals surface area contributed by atoms with E-state index in [0.717, 1.165) is 15.9 Å². The Hall–Kier alpha value is -3.00. The Kier molecular flexibility index (Phi) is 2.36. The highest BCUT2D eigenvalue weighted by molar-refractivity contribution is 5.85. The van der Waals surface area contributed by atoms with E-state index in [4.69, 9.17) is 5.26 Å². The molecular formula is C14H9N3O2. The van der Waals surface area contributed by atoms with E-state index in [9.17, 15) is 10.3 Å². The molecule has 2 aliphatic heterocycles. The first-order valence-electron chi connectivity index (χ1n) is 5.59. The molecule has 92 valence electrons. The number of nitrogens with zero attached hydrogens (tertiary/aromatic N) is 3. The predicted octanol–water partition coefficient (Wildman–Crippen LogP) is 2.47. The van der Waals surface area contributed by atoms with Crippen LogP contribution in [-0.2, 0) is 0 Å². The highest BCUT2D eigenvalue weighted by atomic mass is 16.5. The SMILES string of the molecule is N#Cc1cnc2n(O)ccc(-c3cccc(O)c3)c1-2. The van der Waals surface area contributed by atoms with Gasteiger partial charge in [-0.3, -0.25) is 0 Å². The second-order valence-corrected chi connectivity index (χ2v) is 4.11. The Labute approximate surface area is 108 Å². The average Bonchev–Trinajstić information content (AvgIpc) is 2.84. The summed E-state index contributed by atoms with van der Waals surface area (Å²) in [6.45, 7) is 0. The number of hydrogen-bond acceptors (Lipinski definition) is 4. The van der Waals surface area contributed by atoms with Crippen molar-refractivity contribution < 1.29 is 10.3 Å². The van der Waals surface area contributed by atoms with Crippen molar-refractivity contribution in [2.24, 2.45) is 0 Å². The molecule has 0 atom stereocenters. The van der Waals surface area contributed by atoms with Crippen LogP contribution in [0.5, 0.6) is 5.75 Å². The minimum atomic E-state index is 0.143. The van der Waals surface area contributed by atoms with Crippen LogP contribution in [-0.4, -0.2) is 20.0 Å². The molecule has 0 amide bonds. The van der Waals surface area contributed by atoms with Gasteiger partial charge in [0.15, 0.2) is 5.82 Å². The zero-order chi connectivity index (χ0) is 13.4. The molecule has 0 aromatic heterocycles. The third-order valence-electron chi connectivity index (χ3n) is 2.96. The molecule has 0 aliphatic carbocycles. The molecule has 2 N–H and O–H groups in total. The fourth-order valence-electron chi connectivity index (χ4n) is 2.11. The predicted molar refractivity (Wildman–Crippen MR) is 67.8 cm³/mol. The van der Waals surface area contributed by atoms with Crippen LogP contribution in [0, 0.1) is 11.3 Å². The standard InChI is InChI=1S/C14H9N3O2/c15-7-10-8-16-14-13(10)12(4-5-17(14)19)9-2-1-3-11(18)6-9/h1-6,8,18-19H. The van der Waals surface area contributed by atoms with Crippen molar-refractivity contribution in [1.82, 2.24) is 9.71 Å². The number of fused-ring (bicyclic) bond motifs is 1. The molecule has 0 spiro atoms. The first-order valence-corrected chi connectivity index (χ1v) is 5.59. The maximum absolute atomic E-state index is 9.70. The van der Waals surface area contributed by atoms with E-state index in [-0.39, 0.29) is 5.75 Å². The van der Waals surface area contributed by atoms with Crippen molar-refractivity contribution in [1.29, 1.82) is 5.26 Å². The van der Waals surface area contributed by atoms with Crippen LogP contribution in [0.1, 0.15) is 5.56 Å². The lowest BCUT2D eigenvalue weighted by atomic mass is 9.98. The second-order valence-electron chi connectivity index (χ2n) is 4.11. The molecule has 0 radical (unpaired) electrons. The Morgan fingerprint density at radius 2 is 2.11 bits per heavy atom. The fourth-order valence-corrected chi connectivity index (χ4v) is 2.11. The van der Waals surface area contributed by atoms with Gasteiger partial charge in [-0.05, 0) is 29.3 Å². The van der Waals surface area contributed by atoms with Gasteiger partial charge in [-0.1, -0.05) is 12.1 Å². The van der Waals surface area contributed by atoms with Crippen LogP contribution in [0.3, 0.4) is 0 Å². The number of aromatic nitrogens is 2. The Morgan fingerprint density at radius 1 is 1.26 bits per heavy atom. The van der Waals surface area contributed by atoms with Gasteiger partial charge in [-0.2, -0.15) is 9.99 Å². The Morgan fingerprint density at radius 3 is 2.84 bits per heavy atom. The lowest BCUT2D eigenvalue weighted by Gasteiger charge is -2.11. The summed E-state index contributed by atoms with van der Waals surface area (Å²) in [5.41, 5.74) is 2.45. The van der Waals surface area contributed by atoms with E-state index in [1.54, 1.807) is 24.3 Å². The maximum atomic E-state index is 9.70. The highest BCUT2D eigenvalue weighted by Crippen LogP contribution is 2.36. The number of pyridine rings is 1. The maximum Gasteiger partial charge on any atom is 0.177 e. The molecule has 2 aliphatic rings. The number of hydrogen-bond donors (Lipinski definition) is 2. The van der Waals surface area contributed by atoms with Gasteiger partial charge in [-0.15, -0.1) is 0 Å². The first-order chi connectivity index (χ1) is 9.20. The fraction of sp³-hybridized carbons (Fsp3) is 0. The molecule has 19 heavy (non-hydrogen) atoms. The average molecular weight is 251 g/mol. The topological polar surface area (TPSA) is 82.1 Å². The lowest BCUT2D eigenvalue weighted by molar-refractivity contribution is 0.187. The quantitative estimate of drug-likeness (QED) is 0.651. The summed E-state index contributed by atoms with van der Waals surface area (Å²) in [6, 6.07) is 10.5. The number of phenolic OH excluding ortho intramolecular Hbond substituents is 1. The smallest absolute Gasteiger partial charge is 0.177 e. The molecule has 5 heteroatoms. The summed E-state index contributed by atoms with van der Waals surface area (Å²) in [4.78, 5) is 4.03. The zero-order valence-corrected chi connectivity index (χ0v) is 9.78. The summed E-state index contributed by atoms with van der Waals surface area (Å²) in [5.74, 6) is 0.460. The van der Waals surface area contributed by atoms with E-state index in [2.05, 4.69) is 11.1 Å². The van der Waals surface area contributed by atoms with Crippen LogP contribution >= 0.6 is 0 Å². The van der Waals surface area contributed by atoms with Crippen molar-refractivity contribution in [3.05, 3.63) is 48.3 Å². The van der Waals surface area contributed by atoms with E-state index in [0.29, 0.717) is 17.0 Å². The molecule has 1 aromatic rings. The molecular weight excluding hydrogens is 242 g/mol. The van der Waals surface area contributed by atoms with Gasteiger partial charge >= 0.3 is 0 Å².